The first-order chi connectivity index (χ1) is 8.45. The number of rotatable bonds is 5. The minimum absolute atomic E-state index is 0.146. The molecule has 0 radical (unpaired) electrons. The smallest absolute Gasteiger partial charge is 0.255 e. The average Bonchev–Trinajstić information content (AvgIpc) is 2.35. The van der Waals surface area contributed by atoms with Gasteiger partial charge < -0.3 is 26.2 Å². The van der Waals surface area contributed by atoms with Crippen molar-refractivity contribution in [1.29, 1.82) is 0 Å². The third-order valence-electron chi connectivity index (χ3n) is 2.42. The number of hydrogen-bond acceptors (Lipinski definition) is 5. The Morgan fingerprint density at radius 1 is 1.50 bits per heavy atom. The Kier molecular flexibility index (Phi) is 4.94. The number of hydrogen-bond donors (Lipinski definition) is 4. The zero-order valence-corrected chi connectivity index (χ0v) is 10.6. The second kappa shape index (κ2) is 6.23. The molecule has 1 amide bonds. The van der Waals surface area contributed by atoms with Crippen molar-refractivity contribution in [2.75, 3.05) is 38.3 Å². The van der Waals surface area contributed by atoms with Crippen LogP contribution in [0, 0.1) is 0 Å². The predicted octanol–water partition coefficient (Wildman–Crippen LogP) is -0.264. The van der Waals surface area contributed by atoms with Crippen LogP contribution in [0.4, 0.5) is 11.4 Å². The molecule has 100 valence electrons. The quantitative estimate of drug-likeness (QED) is 0.542. The van der Waals surface area contributed by atoms with Crippen molar-refractivity contribution in [3.63, 3.8) is 0 Å². The summed E-state index contributed by atoms with van der Waals surface area (Å²) in [5, 5.41) is 20.9. The highest BCUT2D eigenvalue weighted by molar-refractivity contribution is 6.00. The van der Waals surface area contributed by atoms with Gasteiger partial charge in [0.2, 0.25) is 0 Å². The first-order valence-electron chi connectivity index (χ1n) is 5.59. The number of nitrogens with one attached hydrogen (secondary N) is 1. The standard InChI is InChI=1S/C12H19N3O3/c1-15(2)12(18)10-4-3-8(13)5-11(10)14-6-9(17)7-16/h3-5,9,14,16-17H,6-7,13H2,1-2H3. The van der Waals surface area contributed by atoms with Crippen molar-refractivity contribution in [2.24, 2.45) is 0 Å². The predicted molar refractivity (Wildman–Crippen MR) is 70.5 cm³/mol. The molecule has 0 saturated heterocycles. The van der Waals surface area contributed by atoms with Crippen molar-refractivity contribution in [1.82, 2.24) is 4.90 Å². The van der Waals surface area contributed by atoms with E-state index in [9.17, 15) is 9.90 Å². The van der Waals surface area contributed by atoms with Gasteiger partial charge in [-0.2, -0.15) is 0 Å². The molecule has 1 atom stereocenters. The lowest BCUT2D eigenvalue weighted by molar-refractivity contribution is 0.0828. The van der Waals surface area contributed by atoms with Crippen LogP contribution in [0.15, 0.2) is 18.2 Å². The van der Waals surface area contributed by atoms with Gasteiger partial charge in [-0.1, -0.05) is 0 Å². The van der Waals surface area contributed by atoms with Crippen LogP contribution >= 0.6 is 0 Å². The maximum Gasteiger partial charge on any atom is 0.255 e. The van der Waals surface area contributed by atoms with Crippen molar-refractivity contribution in [3.8, 4) is 0 Å². The lowest BCUT2D eigenvalue weighted by atomic mass is 10.1. The number of amides is 1. The molecule has 0 bridgehead atoms. The Labute approximate surface area is 106 Å². The number of aliphatic hydroxyl groups excluding tert-OH is 2. The average molecular weight is 253 g/mol. The van der Waals surface area contributed by atoms with E-state index < -0.39 is 6.10 Å². The molecule has 0 fully saturated rings. The fourth-order valence-corrected chi connectivity index (χ4v) is 1.43. The Morgan fingerprint density at radius 2 is 2.17 bits per heavy atom. The Morgan fingerprint density at radius 3 is 2.72 bits per heavy atom. The maximum absolute atomic E-state index is 11.9. The van der Waals surface area contributed by atoms with Gasteiger partial charge in [-0.3, -0.25) is 4.79 Å². The van der Waals surface area contributed by atoms with Gasteiger partial charge in [0.1, 0.15) is 0 Å². The largest absolute Gasteiger partial charge is 0.399 e. The van der Waals surface area contributed by atoms with Gasteiger partial charge in [0.15, 0.2) is 0 Å². The number of aliphatic hydroxyl groups is 2. The topological polar surface area (TPSA) is 98.8 Å². The third-order valence-corrected chi connectivity index (χ3v) is 2.42. The van der Waals surface area contributed by atoms with E-state index >= 15 is 0 Å². The van der Waals surface area contributed by atoms with Gasteiger partial charge in [0, 0.05) is 32.0 Å². The van der Waals surface area contributed by atoms with Crippen LogP contribution in [0.5, 0.6) is 0 Å². The van der Waals surface area contributed by atoms with E-state index in [1.165, 1.54) is 4.90 Å². The second-order valence-corrected chi connectivity index (χ2v) is 4.22. The van der Waals surface area contributed by atoms with E-state index in [1.54, 1.807) is 32.3 Å². The van der Waals surface area contributed by atoms with Crippen LogP contribution < -0.4 is 11.1 Å². The summed E-state index contributed by atoms with van der Waals surface area (Å²) >= 11 is 0. The molecule has 1 unspecified atom stereocenters. The molecule has 5 N–H and O–H groups in total. The fourth-order valence-electron chi connectivity index (χ4n) is 1.43. The molecular weight excluding hydrogens is 234 g/mol. The van der Waals surface area contributed by atoms with Gasteiger partial charge in [-0.25, -0.2) is 0 Å². The summed E-state index contributed by atoms with van der Waals surface area (Å²) in [7, 11) is 3.32. The van der Waals surface area contributed by atoms with Crippen molar-refractivity contribution >= 4 is 17.3 Å². The number of nitrogens with zero attached hydrogens (tertiary/aromatic N) is 1. The molecular formula is C12H19N3O3. The van der Waals surface area contributed by atoms with Gasteiger partial charge in [0.05, 0.1) is 18.3 Å². The molecule has 0 aromatic heterocycles. The van der Waals surface area contributed by atoms with Crippen molar-refractivity contribution in [2.45, 2.75) is 6.10 Å². The summed E-state index contributed by atoms with van der Waals surface area (Å²) in [6, 6.07) is 4.90. The van der Waals surface area contributed by atoms with Crippen molar-refractivity contribution in [3.05, 3.63) is 23.8 Å². The zero-order chi connectivity index (χ0) is 13.7. The molecule has 6 nitrogen and oxygen atoms in total. The molecule has 1 aromatic rings. The Balaban J connectivity index is 2.93. The highest BCUT2D eigenvalue weighted by Gasteiger charge is 2.14. The molecule has 1 aromatic carbocycles. The number of benzene rings is 1. The summed E-state index contributed by atoms with van der Waals surface area (Å²) in [4.78, 5) is 13.4. The molecule has 18 heavy (non-hydrogen) atoms. The summed E-state index contributed by atoms with van der Waals surface area (Å²) in [6.07, 6.45) is -0.881. The molecule has 0 aliphatic rings. The summed E-state index contributed by atoms with van der Waals surface area (Å²) in [5.41, 5.74) is 7.20. The number of nitrogen functional groups attached to an aromatic ring is 1. The van der Waals surface area contributed by atoms with Gasteiger partial charge in [-0.15, -0.1) is 0 Å². The van der Waals surface area contributed by atoms with E-state index in [2.05, 4.69) is 5.32 Å². The zero-order valence-electron chi connectivity index (χ0n) is 10.6. The normalized spacial score (nSPS) is 12.0. The van der Waals surface area contributed by atoms with Gasteiger partial charge in [0.25, 0.3) is 5.91 Å². The van der Waals surface area contributed by atoms with E-state index in [4.69, 9.17) is 10.8 Å². The van der Waals surface area contributed by atoms with E-state index in [1.807, 2.05) is 0 Å². The number of nitrogens with two attached hydrogens (primary N) is 1. The highest BCUT2D eigenvalue weighted by Crippen LogP contribution is 2.20. The Hall–Kier alpha value is -1.79. The number of carbonyl (C=O) groups excluding carboxylic acids is 1. The first kappa shape index (κ1) is 14.3. The lowest BCUT2D eigenvalue weighted by Gasteiger charge is -2.17. The van der Waals surface area contributed by atoms with Crippen molar-refractivity contribution < 1.29 is 15.0 Å². The highest BCUT2D eigenvalue weighted by atomic mass is 16.3. The Bertz CT molecular complexity index is 421. The van der Waals surface area contributed by atoms with Crippen LogP contribution in [0.1, 0.15) is 10.4 Å². The fraction of sp³-hybridized carbons (Fsp3) is 0.417. The first-order valence-corrected chi connectivity index (χ1v) is 5.59. The van der Waals surface area contributed by atoms with Crippen LogP contribution in [0.2, 0.25) is 0 Å². The third kappa shape index (κ3) is 3.61. The molecule has 0 heterocycles. The molecule has 1 rings (SSSR count). The lowest BCUT2D eigenvalue weighted by Crippen LogP contribution is -2.26. The number of anilines is 2. The monoisotopic (exact) mass is 253 g/mol. The molecule has 0 aliphatic heterocycles. The summed E-state index contributed by atoms with van der Waals surface area (Å²) in [6.45, 7) is -0.195. The van der Waals surface area contributed by atoms with Gasteiger partial charge >= 0.3 is 0 Å². The van der Waals surface area contributed by atoms with Crippen LogP contribution in [0.3, 0.4) is 0 Å². The minimum Gasteiger partial charge on any atom is -0.399 e. The molecule has 0 saturated carbocycles. The molecule has 6 heteroatoms. The molecule has 0 spiro atoms. The van der Waals surface area contributed by atoms with Gasteiger partial charge in [-0.05, 0) is 18.2 Å². The van der Waals surface area contributed by atoms with Crippen LogP contribution in [-0.2, 0) is 0 Å². The number of carbonyl (C=O) groups is 1. The SMILES string of the molecule is CN(C)C(=O)c1ccc(N)cc1NCC(O)CO. The second-order valence-electron chi connectivity index (χ2n) is 4.22. The maximum atomic E-state index is 11.9. The minimum atomic E-state index is -0.881. The van der Waals surface area contributed by atoms with Crippen LogP contribution in [0.25, 0.3) is 0 Å². The molecule has 0 aliphatic carbocycles. The van der Waals surface area contributed by atoms with E-state index in [0.29, 0.717) is 16.9 Å². The van der Waals surface area contributed by atoms with Crippen LogP contribution in [-0.4, -0.2) is 54.4 Å². The van der Waals surface area contributed by atoms with E-state index in [0.717, 1.165) is 0 Å². The summed E-state index contributed by atoms with van der Waals surface area (Å²) < 4.78 is 0. The van der Waals surface area contributed by atoms with E-state index in [-0.39, 0.29) is 19.1 Å². The summed E-state index contributed by atoms with van der Waals surface area (Å²) in [5.74, 6) is -0.156.